The van der Waals surface area contributed by atoms with E-state index in [4.69, 9.17) is 26.3 Å². The van der Waals surface area contributed by atoms with Crippen molar-refractivity contribution in [3.63, 3.8) is 0 Å². The molecule has 0 amide bonds. The zero-order chi connectivity index (χ0) is 22.1. The molecule has 5 rings (SSSR count). The van der Waals surface area contributed by atoms with Crippen LogP contribution < -0.4 is 9.64 Å². The molecule has 1 aliphatic rings. The molecule has 0 bridgehead atoms. The maximum Gasteiger partial charge on any atom is 0.164 e. The van der Waals surface area contributed by atoms with Crippen LogP contribution in [0.5, 0.6) is 5.75 Å². The van der Waals surface area contributed by atoms with Gasteiger partial charge in [-0.05, 0) is 43.3 Å². The number of methoxy groups -OCH3 is 1. The minimum atomic E-state index is 0.730. The summed E-state index contributed by atoms with van der Waals surface area (Å²) >= 11 is 7.93. The van der Waals surface area contributed by atoms with Crippen molar-refractivity contribution in [2.75, 3.05) is 38.2 Å². The smallest absolute Gasteiger partial charge is 0.164 e. The molecule has 1 aliphatic heterocycles. The highest BCUT2D eigenvalue weighted by Gasteiger charge is 2.23. The zero-order valence-electron chi connectivity index (χ0n) is 18.1. The van der Waals surface area contributed by atoms with Gasteiger partial charge in [-0.3, -0.25) is 9.88 Å². The number of anilines is 1. The van der Waals surface area contributed by atoms with Crippen LogP contribution in [0.1, 0.15) is 10.4 Å². The molecule has 0 N–H and O–H groups in total. The van der Waals surface area contributed by atoms with Gasteiger partial charge in [-0.1, -0.05) is 11.6 Å². The van der Waals surface area contributed by atoms with E-state index in [1.54, 1.807) is 24.6 Å². The summed E-state index contributed by atoms with van der Waals surface area (Å²) in [6.07, 6.45) is 3.59. The number of piperazine rings is 1. The highest BCUT2D eigenvalue weighted by atomic mass is 35.5. The minimum Gasteiger partial charge on any atom is -0.496 e. The summed E-state index contributed by atoms with van der Waals surface area (Å²) < 4.78 is 5.52. The number of pyridine rings is 1. The largest absolute Gasteiger partial charge is 0.496 e. The fourth-order valence-corrected chi connectivity index (χ4v) is 5.19. The summed E-state index contributed by atoms with van der Waals surface area (Å²) in [5.41, 5.74) is 2.05. The first-order valence-electron chi connectivity index (χ1n) is 10.6. The number of hydrogen-bond acceptors (Lipinski definition) is 7. The van der Waals surface area contributed by atoms with Crippen LogP contribution in [0.4, 0.5) is 5.82 Å². The van der Waals surface area contributed by atoms with E-state index < -0.39 is 0 Å². The summed E-state index contributed by atoms with van der Waals surface area (Å²) in [6.45, 7) is 6.61. The number of fused-ring (bicyclic) bond motifs is 1. The molecule has 3 aromatic heterocycles. The molecule has 4 heterocycles. The number of thiophene rings is 1. The molecule has 164 valence electrons. The first-order chi connectivity index (χ1) is 15.6. The highest BCUT2D eigenvalue weighted by molar-refractivity contribution is 7.18. The summed E-state index contributed by atoms with van der Waals surface area (Å²) in [5.74, 6) is 2.62. The van der Waals surface area contributed by atoms with Crippen LogP contribution in [-0.2, 0) is 6.54 Å². The van der Waals surface area contributed by atoms with Crippen LogP contribution >= 0.6 is 22.9 Å². The molecule has 0 saturated carbocycles. The van der Waals surface area contributed by atoms with Crippen molar-refractivity contribution >= 4 is 39.0 Å². The molecule has 32 heavy (non-hydrogen) atoms. The fourth-order valence-electron chi connectivity index (χ4n) is 4.12. The maximum atomic E-state index is 6.22. The molecule has 1 fully saturated rings. The van der Waals surface area contributed by atoms with Crippen LogP contribution in [0.25, 0.3) is 21.6 Å². The van der Waals surface area contributed by atoms with E-state index in [1.807, 2.05) is 36.5 Å². The van der Waals surface area contributed by atoms with E-state index in [0.717, 1.165) is 76.5 Å². The van der Waals surface area contributed by atoms with Gasteiger partial charge in [0.15, 0.2) is 5.82 Å². The molecular weight excluding hydrogens is 442 g/mol. The van der Waals surface area contributed by atoms with E-state index in [-0.39, 0.29) is 0 Å². The Hall–Kier alpha value is -2.74. The summed E-state index contributed by atoms with van der Waals surface area (Å²) in [6, 6.07) is 11.9. The summed E-state index contributed by atoms with van der Waals surface area (Å²) in [4.78, 5) is 21.1. The van der Waals surface area contributed by atoms with Crippen LogP contribution in [0, 0.1) is 6.92 Å². The number of aromatic nitrogens is 3. The van der Waals surface area contributed by atoms with Gasteiger partial charge in [-0.15, -0.1) is 11.3 Å². The Balaban J connectivity index is 1.39. The van der Waals surface area contributed by atoms with Gasteiger partial charge in [0.2, 0.25) is 0 Å². The van der Waals surface area contributed by atoms with Crippen molar-refractivity contribution in [3.05, 3.63) is 64.3 Å². The van der Waals surface area contributed by atoms with Crippen LogP contribution in [0.15, 0.2) is 48.8 Å². The van der Waals surface area contributed by atoms with E-state index in [2.05, 4.69) is 27.8 Å². The van der Waals surface area contributed by atoms with Crippen molar-refractivity contribution in [2.45, 2.75) is 13.5 Å². The number of ether oxygens (including phenoxy) is 1. The zero-order valence-corrected chi connectivity index (χ0v) is 19.7. The Labute approximate surface area is 196 Å². The molecule has 4 aromatic rings. The maximum absolute atomic E-state index is 6.22. The SMILES string of the molecule is COc1ccc(Cl)cc1CN1CCN(c2nc(-c3cccnc3)nc3sc(C)cc23)CC1. The van der Waals surface area contributed by atoms with E-state index in [0.29, 0.717) is 0 Å². The Kier molecular flexibility index (Phi) is 5.95. The van der Waals surface area contributed by atoms with Gasteiger partial charge >= 0.3 is 0 Å². The van der Waals surface area contributed by atoms with Gasteiger partial charge in [0.1, 0.15) is 16.4 Å². The molecular formula is C24H24ClN5OS. The van der Waals surface area contributed by atoms with Gasteiger partial charge < -0.3 is 9.64 Å². The minimum absolute atomic E-state index is 0.730. The second-order valence-corrected chi connectivity index (χ2v) is 9.58. The fraction of sp³-hybridized carbons (Fsp3) is 0.292. The van der Waals surface area contributed by atoms with Crippen LogP contribution in [-0.4, -0.2) is 53.1 Å². The molecule has 0 spiro atoms. The van der Waals surface area contributed by atoms with Crippen molar-refractivity contribution in [1.82, 2.24) is 19.9 Å². The van der Waals surface area contributed by atoms with Crippen molar-refractivity contribution in [3.8, 4) is 17.1 Å². The quantitative estimate of drug-likeness (QED) is 0.411. The lowest BCUT2D eigenvalue weighted by Gasteiger charge is -2.36. The highest BCUT2D eigenvalue weighted by Crippen LogP contribution is 2.33. The lowest BCUT2D eigenvalue weighted by atomic mass is 10.1. The lowest BCUT2D eigenvalue weighted by molar-refractivity contribution is 0.246. The van der Waals surface area contributed by atoms with Gasteiger partial charge in [-0.25, -0.2) is 9.97 Å². The van der Waals surface area contributed by atoms with Crippen molar-refractivity contribution < 1.29 is 4.74 Å². The second-order valence-electron chi connectivity index (χ2n) is 7.91. The van der Waals surface area contributed by atoms with E-state index >= 15 is 0 Å². The van der Waals surface area contributed by atoms with Crippen LogP contribution in [0.3, 0.4) is 0 Å². The number of aryl methyl sites for hydroxylation is 1. The van der Waals surface area contributed by atoms with Crippen LogP contribution in [0.2, 0.25) is 5.02 Å². The number of nitrogens with zero attached hydrogens (tertiary/aromatic N) is 5. The molecule has 8 heteroatoms. The number of benzene rings is 1. The molecule has 0 aliphatic carbocycles. The summed E-state index contributed by atoms with van der Waals surface area (Å²) in [5, 5.41) is 1.86. The molecule has 1 saturated heterocycles. The predicted octanol–water partition coefficient (Wildman–Crippen LogP) is 5.05. The molecule has 6 nitrogen and oxygen atoms in total. The summed E-state index contributed by atoms with van der Waals surface area (Å²) in [7, 11) is 1.70. The lowest BCUT2D eigenvalue weighted by Crippen LogP contribution is -2.46. The topological polar surface area (TPSA) is 54.4 Å². The average molecular weight is 466 g/mol. The molecule has 1 aromatic carbocycles. The third-order valence-corrected chi connectivity index (χ3v) is 6.90. The first-order valence-corrected chi connectivity index (χ1v) is 11.8. The third-order valence-electron chi connectivity index (χ3n) is 5.72. The predicted molar refractivity (Wildman–Crippen MR) is 131 cm³/mol. The monoisotopic (exact) mass is 465 g/mol. The number of halogens is 1. The first kappa shape index (κ1) is 21.1. The van der Waals surface area contributed by atoms with Crippen molar-refractivity contribution in [1.29, 1.82) is 0 Å². The second kappa shape index (κ2) is 9.02. The Morgan fingerprint density at radius 1 is 1.09 bits per heavy atom. The van der Waals surface area contributed by atoms with E-state index in [9.17, 15) is 0 Å². The average Bonchev–Trinajstić information content (AvgIpc) is 3.20. The van der Waals surface area contributed by atoms with Crippen molar-refractivity contribution in [2.24, 2.45) is 0 Å². The molecule has 0 unspecified atom stereocenters. The number of hydrogen-bond donors (Lipinski definition) is 0. The van der Waals surface area contributed by atoms with Gasteiger partial charge in [0.05, 0.1) is 12.5 Å². The van der Waals surface area contributed by atoms with Gasteiger partial charge in [-0.2, -0.15) is 0 Å². The molecule has 0 radical (unpaired) electrons. The van der Waals surface area contributed by atoms with Gasteiger partial charge in [0.25, 0.3) is 0 Å². The number of rotatable bonds is 5. The Bertz CT molecular complexity index is 1240. The third kappa shape index (κ3) is 4.28. The molecule has 0 atom stereocenters. The Morgan fingerprint density at radius 3 is 2.69 bits per heavy atom. The Morgan fingerprint density at radius 2 is 1.94 bits per heavy atom. The normalized spacial score (nSPS) is 14.8. The van der Waals surface area contributed by atoms with Gasteiger partial charge in [0, 0.05) is 66.1 Å². The van der Waals surface area contributed by atoms with E-state index in [1.165, 1.54) is 4.88 Å². The standard InChI is InChI=1S/C24H24ClN5OS/c1-16-12-20-23(27-22(28-24(20)32-16)17-4-3-7-26-14-17)30-10-8-29(9-11-30)15-18-13-19(25)5-6-21(18)31-2/h3-7,12-14H,8-11,15H2,1-2H3.